The van der Waals surface area contributed by atoms with Crippen LogP contribution in [0, 0.1) is 0 Å². The van der Waals surface area contributed by atoms with Crippen molar-refractivity contribution in [3.05, 3.63) is 193 Å². The van der Waals surface area contributed by atoms with Crippen molar-refractivity contribution < 1.29 is 0 Å². The topological polar surface area (TPSA) is 37.5 Å². The summed E-state index contributed by atoms with van der Waals surface area (Å²) in [6.45, 7) is 0. The molecule has 0 aliphatic carbocycles. The van der Waals surface area contributed by atoms with E-state index in [9.17, 15) is 0 Å². The molecule has 2 aromatic heterocycles. The van der Waals surface area contributed by atoms with Gasteiger partial charge in [0.2, 0.25) is 0 Å². The van der Waals surface area contributed by atoms with Crippen LogP contribution in [0.2, 0.25) is 0 Å². The number of benzene rings is 7. The minimum atomic E-state index is -0.143. The van der Waals surface area contributed by atoms with Gasteiger partial charge in [0.15, 0.2) is 0 Å². The van der Waals surface area contributed by atoms with Crippen LogP contribution in [-0.4, -0.2) is 26.9 Å². The summed E-state index contributed by atoms with van der Waals surface area (Å²) in [6, 6.07) is 63.0. The first-order valence-electron chi connectivity index (χ1n) is 17.5. The van der Waals surface area contributed by atoms with Crippen LogP contribution >= 0.6 is 0 Å². The number of fused-ring (bicyclic) bond motifs is 6. The van der Waals surface area contributed by atoms with Gasteiger partial charge in [-0.05, 0) is 78.8 Å². The first-order chi connectivity index (χ1) is 25.2. The van der Waals surface area contributed by atoms with Crippen LogP contribution in [-0.2, 0) is 0 Å². The zero-order valence-corrected chi connectivity index (χ0v) is 28.2. The predicted octanol–water partition coefficient (Wildman–Crippen LogP) is 10.6. The Labute approximate surface area is 296 Å². The lowest BCUT2D eigenvalue weighted by molar-refractivity contribution is 0.152. The molecule has 5 nitrogen and oxygen atoms in total. The van der Waals surface area contributed by atoms with E-state index in [1.807, 2.05) is 0 Å². The van der Waals surface area contributed by atoms with Gasteiger partial charge in [0.05, 0.1) is 22.1 Å². The van der Waals surface area contributed by atoms with E-state index in [1.54, 1.807) is 0 Å². The van der Waals surface area contributed by atoms with Crippen molar-refractivity contribution in [1.29, 1.82) is 0 Å². The monoisotopic (exact) mass is 657 g/mol. The summed E-state index contributed by atoms with van der Waals surface area (Å²) in [6.07, 6.45) is -0.192. The second kappa shape index (κ2) is 11.9. The second-order valence-electron chi connectivity index (χ2n) is 13.4. The van der Waals surface area contributed by atoms with Gasteiger partial charge in [-0.1, -0.05) is 115 Å². The number of nitrogens with one attached hydrogen (secondary N) is 1. The maximum absolute atomic E-state index is 5.38. The van der Waals surface area contributed by atoms with Crippen LogP contribution in [0.1, 0.15) is 29.0 Å². The standard InChI is InChI=1S/C46H35N5/c1-49-45(31-15-5-2-6-16-31)47-44(48-46(49)32-17-7-3-8-18-32)33-25-27-42-38(29-33)39-30-35(26-28-43(39)50(42)34-19-9-4-10-20-34)51-40-23-13-11-21-36(40)37-22-12-14-24-41(37)51/h2-30,45-46H,1H3,(H,47,48). The van der Waals surface area contributed by atoms with Crippen molar-refractivity contribution in [2.75, 3.05) is 7.05 Å². The number of rotatable bonds is 5. The SMILES string of the molecule is CN1C(c2ccccc2)N=C(c2ccc3c(c2)c2cc(-n4c5ccccc5c5ccccc54)ccc2n3-c2ccccc2)NC1c1ccccc1. The van der Waals surface area contributed by atoms with Crippen LogP contribution in [0.25, 0.3) is 55.0 Å². The molecule has 10 rings (SSSR count). The van der Waals surface area contributed by atoms with E-state index in [0.29, 0.717) is 0 Å². The fourth-order valence-corrected chi connectivity index (χ4v) is 8.02. The summed E-state index contributed by atoms with van der Waals surface area (Å²) in [7, 11) is 2.15. The summed E-state index contributed by atoms with van der Waals surface area (Å²) in [4.78, 5) is 7.69. The average Bonchev–Trinajstić information content (AvgIpc) is 3.71. The van der Waals surface area contributed by atoms with Gasteiger partial charge in [-0.15, -0.1) is 0 Å². The van der Waals surface area contributed by atoms with Gasteiger partial charge in [-0.25, -0.2) is 4.99 Å². The van der Waals surface area contributed by atoms with Crippen LogP contribution in [0.15, 0.2) is 181 Å². The number of nitrogens with zero attached hydrogens (tertiary/aromatic N) is 4. The Hall–Kier alpha value is -6.43. The molecule has 1 aliphatic rings. The first-order valence-corrected chi connectivity index (χ1v) is 17.5. The van der Waals surface area contributed by atoms with Crippen LogP contribution < -0.4 is 5.32 Å². The number of para-hydroxylation sites is 3. The maximum atomic E-state index is 5.38. The maximum Gasteiger partial charge on any atom is 0.132 e. The number of hydrogen-bond acceptors (Lipinski definition) is 3. The second-order valence-corrected chi connectivity index (χ2v) is 13.4. The highest BCUT2D eigenvalue weighted by molar-refractivity contribution is 6.14. The Bertz CT molecular complexity index is 2690. The Morgan fingerprint density at radius 3 is 1.63 bits per heavy atom. The summed E-state index contributed by atoms with van der Waals surface area (Å²) in [5.41, 5.74) is 10.4. The lowest BCUT2D eigenvalue weighted by atomic mass is 10.0. The summed E-state index contributed by atoms with van der Waals surface area (Å²) in [5, 5.41) is 8.73. The number of aliphatic imine (C=N–C) groups is 1. The normalized spacial score (nSPS) is 16.5. The molecule has 2 unspecified atom stereocenters. The molecule has 5 heteroatoms. The molecule has 244 valence electrons. The third-order valence-corrected chi connectivity index (χ3v) is 10.4. The van der Waals surface area contributed by atoms with E-state index in [-0.39, 0.29) is 12.3 Å². The van der Waals surface area contributed by atoms with Crippen molar-refractivity contribution >= 4 is 49.4 Å². The van der Waals surface area contributed by atoms with E-state index in [1.165, 1.54) is 43.7 Å². The molecule has 0 amide bonds. The number of hydrogen-bond donors (Lipinski definition) is 1. The zero-order chi connectivity index (χ0) is 33.9. The van der Waals surface area contributed by atoms with Crippen LogP contribution in [0.5, 0.6) is 0 Å². The van der Waals surface area contributed by atoms with Crippen molar-refractivity contribution in [3.8, 4) is 11.4 Å². The van der Waals surface area contributed by atoms with E-state index >= 15 is 0 Å². The van der Waals surface area contributed by atoms with E-state index < -0.39 is 0 Å². The van der Waals surface area contributed by atoms with E-state index in [0.717, 1.165) is 33.9 Å². The largest absolute Gasteiger partial charge is 0.350 e. The molecule has 0 radical (unpaired) electrons. The molecule has 0 bridgehead atoms. The van der Waals surface area contributed by atoms with Gasteiger partial charge in [0, 0.05) is 38.5 Å². The highest BCUT2D eigenvalue weighted by atomic mass is 15.4. The Balaban J connectivity index is 1.20. The predicted molar refractivity (Wildman–Crippen MR) is 211 cm³/mol. The fraction of sp³-hybridized carbons (Fsp3) is 0.0652. The van der Waals surface area contributed by atoms with Gasteiger partial charge in [0.25, 0.3) is 0 Å². The fourth-order valence-electron chi connectivity index (χ4n) is 8.02. The minimum absolute atomic E-state index is 0.0489. The molecular formula is C46H35N5. The molecule has 9 aromatic rings. The zero-order valence-electron chi connectivity index (χ0n) is 28.2. The molecule has 2 atom stereocenters. The molecule has 3 heterocycles. The van der Waals surface area contributed by atoms with Crippen LogP contribution in [0.3, 0.4) is 0 Å². The van der Waals surface area contributed by atoms with Crippen LogP contribution in [0.4, 0.5) is 0 Å². The smallest absolute Gasteiger partial charge is 0.132 e. The molecule has 7 aromatic carbocycles. The Morgan fingerprint density at radius 1 is 0.451 bits per heavy atom. The van der Waals surface area contributed by atoms with Crippen molar-refractivity contribution in [2.24, 2.45) is 4.99 Å². The molecule has 0 fully saturated rings. The van der Waals surface area contributed by atoms with Gasteiger partial charge >= 0.3 is 0 Å². The van der Waals surface area contributed by atoms with Gasteiger partial charge in [0.1, 0.15) is 18.2 Å². The van der Waals surface area contributed by atoms with Gasteiger partial charge in [-0.2, -0.15) is 0 Å². The lowest BCUT2D eigenvalue weighted by Crippen LogP contribution is -2.45. The quantitative estimate of drug-likeness (QED) is 0.200. The Kier molecular flexibility index (Phi) is 6.86. The molecule has 1 aliphatic heterocycles. The molecule has 1 N–H and O–H groups in total. The molecule has 51 heavy (non-hydrogen) atoms. The summed E-state index contributed by atoms with van der Waals surface area (Å²) in [5.74, 6) is 0.886. The van der Waals surface area contributed by atoms with E-state index in [2.05, 4.69) is 202 Å². The summed E-state index contributed by atoms with van der Waals surface area (Å²) >= 11 is 0. The molecule has 0 saturated carbocycles. The van der Waals surface area contributed by atoms with Gasteiger partial charge in [-0.3, -0.25) is 4.90 Å². The van der Waals surface area contributed by atoms with Crippen molar-refractivity contribution in [1.82, 2.24) is 19.4 Å². The third kappa shape index (κ3) is 4.78. The molecular weight excluding hydrogens is 623 g/mol. The first kappa shape index (κ1) is 29.5. The minimum Gasteiger partial charge on any atom is -0.350 e. The lowest BCUT2D eigenvalue weighted by Gasteiger charge is -2.39. The average molecular weight is 658 g/mol. The third-order valence-electron chi connectivity index (χ3n) is 10.4. The highest BCUT2D eigenvalue weighted by Crippen LogP contribution is 2.38. The number of aromatic nitrogens is 2. The van der Waals surface area contributed by atoms with E-state index in [4.69, 9.17) is 4.99 Å². The Morgan fingerprint density at radius 2 is 0.961 bits per heavy atom. The highest BCUT2D eigenvalue weighted by Gasteiger charge is 2.31. The van der Waals surface area contributed by atoms with Gasteiger partial charge < -0.3 is 14.5 Å². The molecule has 0 spiro atoms. The number of amidine groups is 1. The summed E-state index contributed by atoms with van der Waals surface area (Å²) < 4.78 is 4.78. The van der Waals surface area contributed by atoms with Crippen molar-refractivity contribution in [2.45, 2.75) is 12.3 Å². The molecule has 0 saturated heterocycles. The van der Waals surface area contributed by atoms with Crippen molar-refractivity contribution in [3.63, 3.8) is 0 Å².